The van der Waals surface area contributed by atoms with E-state index in [0.717, 1.165) is 24.4 Å². The molecule has 1 aromatic carbocycles. The molecule has 84 valence electrons. The highest BCUT2D eigenvalue weighted by Crippen LogP contribution is 2.12. The van der Waals surface area contributed by atoms with Gasteiger partial charge in [-0.05, 0) is 57.9 Å². The van der Waals surface area contributed by atoms with Gasteiger partial charge in [-0.1, -0.05) is 23.7 Å². The Morgan fingerprint density at radius 3 is 2.60 bits per heavy atom. The Morgan fingerprint density at radius 1 is 1.27 bits per heavy atom. The van der Waals surface area contributed by atoms with E-state index in [1.807, 2.05) is 18.2 Å². The largest absolute Gasteiger partial charge is 0.312 e. The van der Waals surface area contributed by atoms with Crippen molar-refractivity contribution in [2.75, 3.05) is 6.54 Å². The maximum Gasteiger partial charge on any atom is 0.0408 e. The van der Waals surface area contributed by atoms with Crippen molar-refractivity contribution in [3.8, 4) is 0 Å². The van der Waals surface area contributed by atoms with Crippen molar-refractivity contribution in [3.63, 3.8) is 0 Å². The lowest BCUT2D eigenvalue weighted by Gasteiger charge is -2.20. The second-order valence-corrected chi connectivity index (χ2v) is 5.35. The summed E-state index contributed by atoms with van der Waals surface area (Å²) in [5.41, 5.74) is 1.53. The Bertz CT molecular complexity index is 302. The molecule has 0 unspecified atom stereocenters. The van der Waals surface area contributed by atoms with E-state index in [0.29, 0.717) is 0 Å². The van der Waals surface area contributed by atoms with Gasteiger partial charge >= 0.3 is 0 Å². The Hall–Kier alpha value is -0.530. The molecular formula is C13H20ClN. The van der Waals surface area contributed by atoms with Crippen molar-refractivity contribution in [3.05, 3.63) is 34.9 Å². The number of hydrogen-bond acceptors (Lipinski definition) is 1. The number of hydrogen-bond donors (Lipinski definition) is 1. The number of rotatable bonds is 4. The van der Waals surface area contributed by atoms with Gasteiger partial charge in [0.1, 0.15) is 0 Å². The van der Waals surface area contributed by atoms with E-state index in [1.165, 1.54) is 5.56 Å². The van der Waals surface area contributed by atoms with Gasteiger partial charge < -0.3 is 5.32 Å². The minimum atomic E-state index is 0.217. The molecule has 0 amide bonds. The Labute approximate surface area is 97.8 Å². The smallest absolute Gasteiger partial charge is 0.0408 e. The molecule has 1 rings (SSSR count). The van der Waals surface area contributed by atoms with E-state index in [-0.39, 0.29) is 5.54 Å². The standard InChI is InChI=1S/C13H20ClN/c1-13(2,3)15-9-5-7-11-6-4-8-12(14)10-11/h4,6,8,10,15H,5,7,9H2,1-3H3. The van der Waals surface area contributed by atoms with Crippen LogP contribution in [0.25, 0.3) is 0 Å². The molecule has 0 spiro atoms. The third kappa shape index (κ3) is 5.81. The van der Waals surface area contributed by atoms with Crippen molar-refractivity contribution < 1.29 is 0 Å². The molecule has 0 radical (unpaired) electrons. The lowest BCUT2D eigenvalue weighted by atomic mass is 10.1. The first-order valence-electron chi connectivity index (χ1n) is 5.47. The van der Waals surface area contributed by atoms with Crippen LogP contribution in [0.15, 0.2) is 24.3 Å². The zero-order chi connectivity index (χ0) is 11.3. The van der Waals surface area contributed by atoms with E-state index in [4.69, 9.17) is 11.6 Å². The van der Waals surface area contributed by atoms with Crippen LogP contribution < -0.4 is 5.32 Å². The maximum absolute atomic E-state index is 5.91. The van der Waals surface area contributed by atoms with Gasteiger partial charge in [0.2, 0.25) is 0 Å². The Balaban J connectivity index is 2.26. The second-order valence-electron chi connectivity index (χ2n) is 4.91. The monoisotopic (exact) mass is 225 g/mol. The van der Waals surface area contributed by atoms with Gasteiger partial charge in [0, 0.05) is 10.6 Å². The van der Waals surface area contributed by atoms with Crippen LogP contribution in [-0.4, -0.2) is 12.1 Å². The topological polar surface area (TPSA) is 12.0 Å². The summed E-state index contributed by atoms with van der Waals surface area (Å²) in [5, 5.41) is 4.30. The van der Waals surface area contributed by atoms with Crippen molar-refractivity contribution >= 4 is 11.6 Å². The van der Waals surface area contributed by atoms with Crippen LogP contribution in [-0.2, 0) is 6.42 Å². The molecule has 1 nitrogen and oxygen atoms in total. The summed E-state index contributed by atoms with van der Waals surface area (Å²) >= 11 is 5.91. The molecule has 0 bridgehead atoms. The summed E-state index contributed by atoms with van der Waals surface area (Å²) in [6.45, 7) is 7.61. The van der Waals surface area contributed by atoms with Crippen LogP contribution in [0.1, 0.15) is 32.8 Å². The van der Waals surface area contributed by atoms with E-state index in [1.54, 1.807) is 0 Å². The molecular weight excluding hydrogens is 206 g/mol. The highest BCUT2D eigenvalue weighted by molar-refractivity contribution is 6.30. The first-order valence-corrected chi connectivity index (χ1v) is 5.85. The minimum absolute atomic E-state index is 0.217. The lowest BCUT2D eigenvalue weighted by Crippen LogP contribution is -2.36. The van der Waals surface area contributed by atoms with E-state index >= 15 is 0 Å². The van der Waals surface area contributed by atoms with Gasteiger partial charge in [-0.2, -0.15) is 0 Å². The lowest BCUT2D eigenvalue weighted by molar-refractivity contribution is 0.422. The molecule has 1 N–H and O–H groups in total. The van der Waals surface area contributed by atoms with Crippen molar-refractivity contribution in [2.45, 2.75) is 39.2 Å². The van der Waals surface area contributed by atoms with Crippen molar-refractivity contribution in [1.29, 1.82) is 0 Å². The van der Waals surface area contributed by atoms with Gasteiger partial charge in [-0.3, -0.25) is 0 Å². The van der Waals surface area contributed by atoms with Crippen LogP contribution >= 0.6 is 11.6 Å². The van der Waals surface area contributed by atoms with Gasteiger partial charge in [0.15, 0.2) is 0 Å². The zero-order valence-corrected chi connectivity index (χ0v) is 10.6. The Kier molecular flexibility index (Phi) is 4.62. The summed E-state index contributed by atoms with van der Waals surface area (Å²) in [4.78, 5) is 0. The fourth-order valence-electron chi connectivity index (χ4n) is 1.45. The van der Waals surface area contributed by atoms with Gasteiger partial charge in [0.25, 0.3) is 0 Å². The van der Waals surface area contributed by atoms with Crippen LogP contribution in [0.5, 0.6) is 0 Å². The van der Waals surface area contributed by atoms with E-state index in [9.17, 15) is 0 Å². The molecule has 15 heavy (non-hydrogen) atoms. The summed E-state index contributed by atoms with van der Waals surface area (Å²) in [5.74, 6) is 0. The number of halogens is 1. The summed E-state index contributed by atoms with van der Waals surface area (Å²) in [7, 11) is 0. The van der Waals surface area contributed by atoms with Crippen LogP contribution in [0, 0.1) is 0 Å². The molecule has 2 heteroatoms. The SMILES string of the molecule is CC(C)(C)NCCCc1cccc(Cl)c1. The van der Waals surface area contributed by atoms with E-state index in [2.05, 4.69) is 32.2 Å². The first-order chi connectivity index (χ1) is 6.97. The minimum Gasteiger partial charge on any atom is -0.312 e. The van der Waals surface area contributed by atoms with Crippen molar-refractivity contribution in [1.82, 2.24) is 5.32 Å². The quantitative estimate of drug-likeness (QED) is 0.772. The molecule has 0 saturated heterocycles. The number of benzene rings is 1. The average Bonchev–Trinajstić information content (AvgIpc) is 2.11. The highest BCUT2D eigenvalue weighted by atomic mass is 35.5. The molecule has 0 fully saturated rings. The molecule has 0 atom stereocenters. The number of nitrogens with one attached hydrogen (secondary N) is 1. The maximum atomic E-state index is 5.91. The summed E-state index contributed by atoms with van der Waals surface area (Å²) in [6.07, 6.45) is 2.24. The molecule has 0 heterocycles. The predicted octanol–water partition coefficient (Wildman–Crippen LogP) is 3.66. The number of aryl methyl sites for hydroxylation is 1. The van der Waals surface area contributed by atoms with Gasteiger partial charge in [-0.15, -0.1) is 0 Å². The van der Waals surface area contributed by atoms with Crippen molar-refractivity contribution in [2.24, 2.45) is 0 Å². The predicted molar refractivity (Wildman–Crippen MR) is 67.5 cm³/mol. The van der Waals surface area contributed by atoms with Crippen LogP contribution in [0.3, 0.4) is 0 Å². The van der Waals surface area contributed by atoms with Crippen LogP contribution in [0.4, 0.5) is 0 Å². The molecule has 1 aromatic rings. The molecule has 0 saturated carbocycles. The highest BCUT2D eigenvalue weighted by Gasteiger charge is 2.07. The average molecular weight is 226 g/mol. The summed E-state index contributed by atoms with van der Waals surface area (Å²) < 4.78 is 0. The molecule has 0 aliphatic carbocycles. The molecule has 0 aliphatic heterocycles. The third-order valence-corrected chi connectivity index (χ3v) is 2.42. The fourth-order valence-corrected chi connectivity index (χ4v) is 1.66. The third-order valence-electron chi connectivity index (χ3n) is 2.19. The van der Waals surface area contributed by atoms with Crippen LogP contribution in [0.2, 0.25) is 5.02 Å². The first kappa shape index (κ1) is 12.5. The molecule has 0 aromatic heterocycles. The summed E-state index contributed by atoms with van der Waals surface area (Å²) in [6, 6.07) is 8.09. The molecule has 0 aliphatic rings. The van der Waals surface area contributed by atoms with E-state index < -0.39 is 0 Å². The van der Waals surface area contributed by atoms with Gasteiger partial charge in [-0.25, -0.2) is 0 Å². The zero-order valence-electron chi connectivity index (χ0n) is 9.81. The Morgan fingerprint density at radius 2 is 2.00 bits per heavy atom. The second kappa shape index (κ2) is 5.53. The normalized spacial score (nSPS) is 11.7. The van der Waals surface area contributed by atoms with Gasteiger partial charge in [0.05, 0.1) is 0 Å². The fraction of sp³-hybridized carbons (Fsp3) is 0.538.